The van der Waals surface area contributed by atoms with E-state index in [-0.39, 0.29) is 0 Å². The average molecular weight is 210 g/mol. The quantitative estimate of drug-likeness (QED) is 0.767. The van der Waals surface area contributed by atoms with Gasteiger partial charge in [-0.15, -0.1) is 0 Å². The second-order valence-electron chi connectivity index (χ2n) is 3.65. The van der Waals surface area contributed by atoms with Crippen LogP contribution in [0.4, 0.5) is 0 Å². The van der Waals surface area contributed by atoms with Gasteiger partial charge in [0.25, 0.3) is 5.91 Å². The van der Waals surface area contributed by atoms with Crippen LogP contribution in [0, 0.1) is 0 Å². The Hall–Kier alpha value is -2.09. The zero-order valence-electron chi connectivity index (χ0n) is 8.81. The summed E-state index contributed by atoms with van der Waals surface area (Å²) >= 11 is 0. The minimum atomic E-state index is -0.619. The van der Waals surface area contributed by atoms with Crippen molar-refractivity contribution >= 4 is 5.91 Å². The van der Waals surface area contributed by atoms with Gasteiger partial charge in [-0.3, -0.25) is 10.5 Å². The molecule has 1 amide bonds. The molecule has 0 spiro atoms. The lowest BCUT2D eigenvalue weighted by Gasteiger charge is -2.05. The zero-order chi connectivity index (χ0) is 11.4. The van der Waals surface area contributed by atoms with Crippen LogP contribution in [0.3, 0.4) is 0 Å². The predicted molar refractivity (Wildman–Crippen MR) is 63.1 cm³/mol. The molecule has 0 aliphatic carbocycles. The SMILES string of the molecule is [NH]C(=O)c1ccccc1Cc1ccccc1. The number of amides is 1. The van der Waals surface area contributed by atoms with Crippen LogP contribution in [0.1, 0.15) is 21.5 Å². The molecule has 0 bridgehead atoms. The summed E-state index contributed by atoms with van der Waals surface area (Å²) in [5.41, 5.74) is 9.74. The summed E-state index contributed by atoms with van der Waals surface area (Å²) in [7, 11) is 0. The van der Waals surface area contributed by atoms with Crippen LogP contribution in [0.15, 0.2) is 54.6 Å². The third-order valence-corrected chi connectivity index (χ3v) is 2.50. The Labute approximate surface area is 94.7 Å². The molecular weight excluding hydrogens is 198 g/mol. The molecule has 2 aromatic rings. The van der Waals surface area contributed by atoms with E-state index in [4.69, 9.17) is 5.73 Å². The highest BCUT2D eigenvalue weighted by Crippen LogP contribution is 2.13. The third kappa shape index (κ3) is 2.28. The van der Waals surface area contributed by atoms with Crippen molar-refractivity contribution in [3.05, 3.63) is 71.3 Å². The highest BCUT2D eigenvalue weighted by Gasteiger charge is 2.07. The molecule has 0 aliphatic rings. The van der Waals surface area contributed by atoms with Crippen LogP contribution in [0.2, 0.25) is 0 Å². The van der Waals surface area contributed by atoms with Crippen LogP contribution in [0.5, 0.6) is 0 Å². The lowest BCUT2D eigenvalue weighted by molar-refractivity contribution is 0.0991. The summed E-state index contributed by atoms with van der Waals surface area (Å²) in [6.45, 7) is 0. The molecule has 0 atom stereocenters. The van der Waals surface area contributed by atoms with Crippen LogP contribution < -0.4 is 5.73 Å². The molecule has 0 aromatic heterocycles. The fraction of sp³-hybridized carbons (Fsp3) is 0.0714. The van der Waals surface area contributed by atoms with Crippen molar-refractivity contribution in [2.24, 2.45) is 0 Å². The Bertz CT molecular complexity index is 491. The van der Waals surface area contributed by atoms with E-state index in [9.17, 15) is 4.79 Å². The summed E-state index contributed by atoms with van der Waals surface area (Å²) < 4.78 is 0. The van der Waals surface area contributed by atoms with Crippen molar-refractivity contribution in [1.29, 1.82) is 0 Å². The standard InChI is InChI=1S/C14H12NO/c15-14(16)13-9-5-4-8-12(13)10-11-6-2-1-3-7-11/h1-9,15H,10H2. The van der Waals surface area contributed by atoms with Crippen molar-refractivity contribution in [1.82, 2.24) is 5.73 Å². The Morgan fingerprint density at radius 2 is 1.56 bits per heavy atom. The first-order valence-corrected chi connectivity index (χ1v) is 5.15. The van der Waals surface area contributed by atoms with Gasteiger partial charge in [0.15, 0.2) is 0 Å². The highest BCUT2D eigenvalue weighted by molar-refractivity contribution is 5.93. The second kappa shape index (κ2) is 4.62. The van der Waals surface area contributed by atoms with Crippen LogP contribution in [0.25, 0.3) is 0 Å². The molecule has 2 nitrogen and oxygen atoms in total. The highest BCUT2D eigenvalue weighted by atomic mass is 16.1. The minimum Gasteiger partial charge on any atom is -0.267 e. The molecular formula is C14H12NO. The fourth-order valence-corrected chi connectivity index (χ4v) is 1.71. The number of hydrogen-bond acceptors (Lipinski definition) is 1. The monoisotopic (exact) mass is 210 g/mol. The van der Waals surface area contributed by atoms with Crippen LogP contribution in [-0.4, -0.2) is 5.91 Å². The molecule has 79 valence electrons. The normalized spacial score (nSPS) is 10.0. The molecule has 1 N–H and O–H groups in total. The van der Waals surface area contributed by atoms with Gasteiger partial charge in [0.1, 0.15) is 0 Å². The van der Waals surface area contributed by atoms with Gasteiger partial charge in [0.05, 0.1) is 0 Å². The van der Waals surface area contributed by atoms with E-state index in [0.717, 1.165) is 11.1 Å². The Balaban J connectivity index is 2.31. The molecule has 0 saturated carbocycles. The predicted octanol–water partition coefficient (Wildman–Crippen LogP) is 2.70. The molecule has 16 heavy (non-hydrogen) atoms. The van der Waals surface area contributed by atoms with E-state index in [1.165, 1.54) is 0 Å². The summed E-state index contributed by atoms with van der Waals surface area (Å²) in [5.74, 6) is -0.619. The van der Waals surface area contributed by atoms with E-state index in [1.807, 2.05) is 42.5 Å². The number of benzene rings is 2. The largest absolute Gasteiger partial charge is 0.269 e. The molecule has 0 aliphatic heterocycles. The maximum absolute atomic E-state index is 11.1. The first-order chi connectivity index (χ1) is 7.77. The van der Waals surface area contributed by atoms with Gasteiger partial charge in [0, 0.05) is 5.56 Å². The van der Waals surface area contributed by atoms with Crippen LogP contribution in [-0.2, 0) is 6.42 Å². The van der Waals surface area contributed by atoms with E-state index >= 15 is 0 Å². The smallest absolute Gasteiger partial charge is 0.267 e. The van der Waals surface area contributed by atoms with E-state index in [0.29, 0.717) is 12.0 Å². The van der Waals surface area contributed by atoms with E-state index in [1.54, 1.807) is 12.1 Å². The van der Waals surface area contributed by atoms with Gasteiger partial charge in [-0.2, -0.15) is 0 Å². The minimum absolute atomic E-state index is 0.492. The van der Waals surface area contributed by atoms with Gasteiger partial charge >= 0.3 is 0 Å². The third-order valence-electron chi connectivity index (χ3n) is 2.50. The van der Waals surface area contributed by atoms with Crippen molar-refractivity contribution in [2.45, 2.75) is 6.42 Å². The lowest BCUT2D eigenvalue weighted by atomic mass is 9.99. The second-order valence-corrected chi connectivity index (χ2v) is 3.65. The molecule has 0 fully saturated rings. The van der Waals surface area contributed by atoms with Crippen molar-refractivity contribution < 1.29 is 4.79 Å². The maximum atomic E-state index is 11.1. The number of rotatable bonds is 3. The molecule has 2 heteroatoms. The topological polar surface area (TPSA) is 40.9 Å². The van der Waals surface area contributed by atoms with E-state index < -0.39 is 5.91 Å². The fourth-order valence-electron chi connectivity index (χ4n) is 1.71. The Kier molecular flexibility index (Phi) is 3.01. The van der Waals surface area contributed by atoms with Gasteiger partial charge in [0.2, 0.25) is 0 Å². The molecule has 0 unspecified atom stereocenters. The Morgan fingerprint density at radius 1 is 0.938 bits per heavy atom. The molecule has 0 saturated heterocycles. The first kappa shape index (κ1) is 10.4. The van der Waals surface area contributed by atoms with Crippen molar-refractivity contribution in [3.8, 4) is 0 Å². The molecule has 0 heterocycles. The zero-order valence-corrected chi connectivity index (χ0v) is 8.81. The van der Waals surface area contributed by atoms with Crippen molar-refractivity contribution in [2.75, 3.05) is 0 Å². The first-order valence-electron chi connectivity index (χ1n) is 5.15. The van der Waals surface area contributed by atoms with Crippen molar-refractivity contribution in [3.63, 3.8) is 0 Å². The molecule has 2 rings (SSSR count). The number of carbonyl (C=O) groups is 1. The summed E-state index contributed by atoms with van der Waals surface area (Å²) in [6, 6.07) is 17.2. The van der Waals surface area contributed by atoms with E-state index in [2.05, 4.69) is 0 Å². The summed E-state index contributed by atoms with van der Waals surface area (Å²) in [6.07, 6.45) is 0.696. The number of carbonyl (C=O) groups excluding carboxylic acids is 1. The van der Waals surface area contributed by atoms with Crippen LogP contribution >= 0.6 is 0 Å². The Morgan fingerprint density at radius 3 is 2.25 bits per heavy atom. The van der Waals surface area contributed by atoms with Gasteiger partial charge < -0.3 is 0 Å². The number of hydrogen-bond donors (Lipinski definition) is 0. The average Bonchev–Trinajstić information content (AvgIpc) is 2.31. The van der Waals surface area contributed by atoms with Gasteiger partial charge in [-0.25, -0.2) is 0 Å². The molecule has 1 radical (unpaired) electrons. The van der Waals surface area contributed by atoms with Gasteiger partial charge in [-0.1, -0.05) is 48.5 Å². The lowest BCUT2D eigenvalue weighted by Crippen LogP contribution is -2.04. The maximum Gasteiger partial charge on any atom is 0.269 e. The summed E-state index contributed by atoms with van der Waals surface area (Å²) in [5, 5.41) is 0. The van der Waals surface area contributed by atoms with Gasteiger partial charge in [-0.05, 0) is 23.6 Å². The number of nitrogens with one attached hydrogen (secondary N) is 1. The summed E-state index contributed by atoms with van der Waals surface area (Å²) in [4.78, 5) is 11.1. The molecule has 2 aromatic carbocycles.